The maximum Gasteiger partial charge on any atom is 1.00 e. The van der Waals surface area contributed by atoms with Crippen molar-refractivity contribution in [2.24, 2.45) is 0 Å². The van der Waals surface area contributed by atoms with Gasteiger partial charge in [0, 0.05) is 12.4 Å². The van der Waals surface area contributed by atoms with Crippen LogP contribution in [0.1, 0.15) is 142 Å². The first-order valence-corrected chi connectivity index (χ1v) is 17.4. The normalized spacial score (nSPS) is 10.8. The van der Waals surface area contributed by atoms with E-state index in [4.69, 9.17) is 0 Å². The molecule has 0 unspecified atom stereocenters. The summed E-state index contributed by atoms with van der Waals surface area (Å²) in [5.74, 6) is 0. The van der Waals surface area contributed by atoms with E-state index in [9.17, 15) is 25.9 Å². The van der Waals surface area contributed by atoms with Crippen LogP contribution in [0.4, 0.5) is 0 Å². The van der Waals surface area contributed by atoms with Crippen LogP contribution in [-0.2, 0) is 29.2 Å². The summed E-state index contributed by atoms with van der Waals surface area (Å²) in [6, 6.07) is 0. The average molecular weight is 645 g/mol. The molecule has 0 atom stereocenters. The quantitative estimate of drug-likeness (QED) is 0.0754. The maximum atomic E-state index is 10.1. The fraction of sp³-hybridized carbons (Fsp3) is 0.889. The van der Waals surface area contributed by atoms with Crippen molar-refractivity contribution in [2.45, 2.75) is 142 Å². The van der Waals surface area contributed by atoms with Crippen LogP contribution in [0.25, 0.3) is 0 Å². The van der Waals surface area contributed by atoms with E-state index < -0.39 is 20.8 Å². The summed E-state index contributed by atoms with van der Waals surface area (Å²) < 4.78 is 68.9. The molecule has 41 heavy (non-hydrogen) atoms. The third-order valence-electron chi connectivity index (χ3n) is 5.86. The van der Waals surface area contributed by atoms with Gasteiger partial charge in [0.1, 0.15) is 0 Å². The predicted molar refractivity (Wildman–Crippen MR) is 154 cm³/mol. The average Bonchev–Trinajstić information content (AvgIpc) is 3.45. The van der Waals surface area contributed by atoms with Crippen molar-refractivity contribution in [3.05, 3.63) is 18.7 Å². The number of rotatable bonds is 24. The smallest absolute Gasteiger partial charge is 0.726 e. The van der Waals surface area contributed by atoms with E-state index in [1.807, 2.05) is 0 Å². The molecule has 1 heterocycles. The minimum absolute atomic E-state index is 0. The van der Waals surface area contributed by atoms with E-state index in [1.165, 1.54) is 89.9 Å². The fourth-order valence-electron chi connectivity index (χ4n) is 3.72. The number of aromatic nitrogens is 2. The molecular weight excluding hydrogens is 590 g/mol. The van der Waals surface area contributed by atoms with E-state index in [1.54, 1.807) is 18.7 Å². The maximum absolute atomic E-state index is 10.1. The van der Waals surface area contributed by atoms with Gasteiger partial charge in [-0.15, -0.1) is 0 Å². The zero-order valence-electron chi connectivity index (χ0n) is 26.3. The standard InChI is InChI=1S/2C12H26O4S.C3H4N2.2Na/c2*1-2-3-4-5-6-7-8-9-10-11-12-16-17(13,14)15;1-2-5-3-4-1;;/h2*2-12H2,1H3,(H,13,14,15);1-3H,(H,4,5);;/q;;;2*+1/p-2. The number of nitrogens with one attached hydrogen (secondary N) is 1. The first-order chi connectivity index (χ1) is 18.6. The molecule has 1 aromatic heterocycles. The van der Waals surface area contributed by atoms with E-state index in [-0.39, 0.29) is 72.3 Å². The number of aromatic amines is 1. The molecule has 234 valence electrons. The van der Waals surface area contributed by atoms with E-state index in [0.717, 1.165) is 25.7 Å². The third-order valence-corrected chi connectivity index (χ3v) is 6.77. The van der Waals surface area contributed by atoms with Crippen LogP contribution in [0.5, 0.6) is 0 Å². The summed E-state index contributed by atoms with van der Waals surface area (Å²) in [5, 5.41) is 0. The molecule has 0 amide bonds. The summed E-state index contributed by atoms with van der Waals surface area (Å²) in [6.07, 6.45) is 28.5. The molecule has 1 rings (SSSR count). The summed E-state index contributed by atoms with van der Waals surface area (Å²) >= 11 is 0. The van der Waals surface area contributed by atoms with Crippen molar-refractivity contribution in [1.29, 1.82) is 0 Å². The molecule has 0 aliphatic heterocycles. The minimum Gasteiger partial charge on any atom is -0.726 e. The molecule has 0 aromatic carbocycles. The van der Waals surface area contributed by atoms with Gasteiger partial charge in [-0.2, -0.15) is 0 Å². The SMILES string of the molecule is CCCCCCCCCCCCOS(=O)(=O)[O-].CCCCCCCCCCCCOS(=O)(=O)[O-].[Na+].[Na+].c1c[nH]cn1. The molecule has 14 heteroatoms. The first-order valence-electron chi connectivity index (χ1n) is 14.8. The Hall–Kier alpha value is 0.950. The number of nitrogens with zero attached hydrogens (tertiary/aromatic N) is 1. The molecule has 0 aliphatic carbocycles. The van der Waals surface area contributed by atoms with Crippen molar-refractivity contribution in [3.63, 3.8) is 0 Å². The Bertz CT molecular complexity index is 729. The van der Waals surface area contributed by atoms with E-state index >= 15 is 0 Å². The van der Waals surface area contributed by atoms with Crippen LogP contribution < -0.4 is 59.1 Å². The molecular formula is C27H54N2Na2O8S2. The number of imidazole rings is 1. The number of hydrogen-bond acceptors (Lipinski definition) is 9. The van der Waals surface area contributed by atoms with Crippen LogP contribution in [0.2, 0.25) is 0 Å². The Labute approximate surface area is 295 Å². The zero-order valence-corrected chi connectivity index (χ0v) is 32.0. The van der Waals surface area contributed by atoms with Gasteiger partial charge in [0.25, 0.3) is 0 Å². The molecule has 0 saturated heterocycles. The van der Waals surface area contributed by atoms with Crippen LogP contribution in [-0.4, -0.2) is 49.1 Å². The summed E-state index contributed by atoms with van der Waals surface area (Å²) in [4.78, 5) is 6.42. The Morgan fingerprint density at radius 2 is 0.854 bits per heavy atom. The van der Waals surface area contributed by atoms with Gasteiger partial charge >= 0.3 is 59.1 Å². The van der Waals surface area contributed by atoms with Crippen molar-refractivity contribution in [1.82, 2.24) is 9.97 Å². The third kappa shape index (κ3) is 53.9. The Morgan fingerprint density at radius 3 is 1.05 bits per heavy atom. The molecule has 0 saturated carbocycles. The Balaban J connectivity index is -0.000000272. The number of unbranched alkanes of at least 4 members (excludes halogenated alkanes) is 18. The number of hydrogen-bond donors (Lipinski definition) is 1. The monoisotopic (exact) mass is 644 g/mol. The summed E-state index contributed by atoms with van der Waals surface area (Å²) in [6.45, 7) is 4.49. The zero-order chi connectivity index (χ0) is 29.5. The minimum atomic E-state index is -4.48. The molecule has 0 bridgehead atoms. The van der Waals surface area contributed by atoms with Gasteiger partial charge in [-0.1, -0.05) is 129 Å². The van der Waals surface area contributed by atoms with Gasteiger partial charge < -0.3 is 14.1 Å². The van der Waals surface area contributed by atoms with Crippen LogP contribution in [0.3, 0.4) is 0 Å². The Morgan fingerprint density at radius 1 is 0.561 bits per heavy atom. The molecule has 0 fully saturated rings. The summed E-state index contributed by atoms with van der Waals surface area (Å²) in [7, 11) is -8.97. The topological polar surface area (TPSA) is 162 Å². The second-order valence-corrected chi connectivity index (χ2v) is 11.7. The van der Waals surface area contributed by atoms with Gasteiger partial charge in [-0.3, -0.25) is 8.37 Å². The first kappa shape index (κ1) is 48.8. The van der Waals surface area contributed by atoms with Gasteiger partial charge in [0.2, 0.25) is 20.8 Å². The van der Waals surface area contributed by atoms with Crippen LogP contribution >= 0.6 is 0 Å². The molecule has 1 N–H and O–H groups in total. The Kier molecular flexibility index (Phi) is 44.2. The number of H-pyrrole nitrogens is 1. The van der Waals surface area contributed by atoms with Crippen molar-refractivity contribution < 1.29 is 93.4 Å². The fourth-order valence-corrected chi connectivity index (χ4v) is 4.36. The van der Waals surface area contributed by atoms with Crippen LogP contribution in [0.15, 0.2) is 18.7 Å². The van der Waals surface area contributed by atoms with Gasteiger partial charge in [-0.25, -0.2) is 21.8 Å². The second kappa shape index (κ2) is 37.1. The summed E-state index contributed by atoms with van der Waals surface area (Å²) in [5.41, 5.74) is 0. The molecule has 0 spiro atoms. The molecule has 0 radical (unpaired) electrons. The van der Waals surface area contributed by atoms with Crippen LogP contribution in [0, 0.1) is 0 Å². The van der Waals surface area contributed by atoms with Gasteiger partial charge in [0.15, 0.2) is 0 Å². The van der Waals surface area contributed by atoms with Crippen molar-refractivity contribution >= 4 is 20.8 Å². The van der Waals surface area contributed by atoms with Gasteiger partial charge in [-0.05, 0) is 12.8 Å². The van der Waals surface area contributed by atoms with Crippen molar-refractivity contribution in [3.8, 4) is 0 Å². The molecule has 0 aliphatic rings. The molecule has 10 nitrogen and oxygen atoms in total. The predicted octanol–water partition coefficient (Wildman–Crippen LogP) is 1.19. The van der Waals surface area contributed by atoms with Crippen molar-refractivity contribution in [2.75, 3.05) is 13.2 Å². The van der Waals surface area contributed by atoms with Gasteiger partial charge in [0.05, 0.1) is 19.5 Å². The molecule has 1 aromatic rings. The van der Waals surface area contributed by atoms with E-state index in [2.05, 4.69) is 32.2 Å². The van der Waals surface area contributed by atoms with E-state index in [0.29, 0.717) is 12.8 Å². The second-order valence-electron chi connectivity index (χ2n) is 9.58. The largest absolute Gasteiger partial charge is 1.00 e.